The van der Waals surface area contributed by atoms with Gasteiger partial charge in [0.1, 0.15) is 0 Å². The zero-order chi connectivity index (χ0) is 7.33. The molecule has 0 rings (SSSR count). The maximum atomic E-state index is 8.80. The normalized spacial score (nSPS) is 12.0. The third-order valence-corrected chi connectivity index (χ3v) is 1.53. The highest BCUT2D eigenvalue weighted by molar-refractivity contribution is 4.65. The largest absolute Gasteiger partial charge is 0.396 e. The predicted molar refractivity (Wildman–Crippen MR) is 37.9 cm³/mol. The summed E-state index contributed by atoms with van der Waals surface area (Å²) in [5.41, 5.74) is 3.85. The van der Waals surface area contributed by atoms with Crippen LogP contribution in [0.1, 0.15) is 26.7 Å². The Hall–Kier alpha value is -0.0800. The third kappa shape index (κ3) is 4.43. The molecule has 0 radical (unpaired) electrons. The van der Waals surface area contributed by atoms with Crippen LogP contribution >= 0.6 is 0 Å². The summed E-state index contributed by atoms with van der Waals surface area (Å²) in [6.45, 7) is 5.40. The molecule has 2 nitrogen and oxygen atoms in total. The van der Waals surface area contributed by atoms with Gasteiger partial charge in [-0.1, -0.05) is 13.8 Å². The summed E-state index contributed by atoms with van der Waals surface area (Å²) in [6, 6.07) is 0. The molecule has 0 saturated heterocycles. The van der Waals surface area contributed by atoms with E-state index in [1.54, 1.807) is 0 Å². The minimum absolute atomic E-state index is 0.109. The topological polar surface area (TPSA) is 47.9 Å². The molecule has 0 unspecified atom stereocenters. The lowest BCUT2D eigenvalue weighted by atomic mass is 9.89. The smallest absolute Gasteiger partial charge is 0.0740 e. The van der Waals surface area contributed by atoms with E-state index >= 15 is 0 Å². The standard InChI is InChI=1S/C7H17NO/c1-7(2,6-9)4-3-5-8/h9H,3-6,8H2,1-2H3/p+1. The molecule has 0 aromatic carbocycles. The second-order valence-electron chi connectivity index (χ2n) is 3.28. The third-order valence-electron chi connectivity index (χ3n) is 1.53. The summed E-state index contributed by atoms with van der Waals surface area (Å²) in [4.78, 5) is 0. The van der Waals surface area contributed by atoms with Gasteiger partial charge in [-0.15, -0.1) is 0 Å². The van der Waals surface area contributed by atoms with Crippen LogP contribution in [0.2, 0.25) is 0 Å². The second-order valence-corrected chi connectivity index (χ2v) is 3.28. The number of aliphatic hydroxyl groups excluding tert-OH is 1. The van der Waals surface area contributed by atoms with E-state index in [9.17, 15) is 0 Å². The van der Waals surface area contributed by atoms with E-state index in [1.807, 2.05) is 0 Å². The van der Waals surface area contributed by atoms with Gasteiger partial charge >= 0.3 is 0 Å². The molecular formula is C7H18NO+. The maximum Gasteiger partial charge on any atom is 0.0740 e. The van der Waals surface area contributed by atoms with Crippen molar-refractivity contribution >= 4 is 0 Å². The van der Waals surface area contributed by atoms with Crippen molar-refractivity contribution in [2.45, 2.75) is 26.7 Å². The molecule has 0 atom stereocenters. The van der Waals surface area contributed by atoms with Crippen LogP contribution in [0.25, 0.3) is 0 Å². The Labute approximate surface area is 57.1 Å². The van der Waals surface area contributed by atoms with Crippen molar-refractivity contribution < 1.29 is 10.8 Å². The quantitative estimate of drug-likeness (QED) is 0.557. The van der Waals surface area contributed by atoms with E-state index in [4.69, 9.17) is 5.11 Å². The molecule has 4 N–H and O–H groups in total. The first-order valence-corrected chi connectivity index (χ1v) is 3.52. The van der Waals surface area contributed by atoms with Crippen LogP contribution in [0.5, 0.6) is 0 Å². The lowest BCUT2D eigenvalue weighted by molar-refractivity contribution is -0.369. The first-order valence-electron chi connectivity index (χ1n) is 3.52. The Kier molecular flexibility index (Phi) is 3.82. The highest BCUT2D eigenvalue weighted by atomic mass is 16.3. The van der Waals surface area contributed by atoms with Gasteiger partial charge in [-0.05, 0) is 18.3 Å². The van der Waals surface area contributed by atoms with Crippen LogP contribution in [0.4, 0.5) is 0 Å². The zero-order valence-corrected chi connectivity index (χ0v) is 6.48. The van der Waals surface area contributed by atoms with Gasteiger partial charge in [0.25, 0.3) is 0 Å². The molecule has 0 amide bonds. The minimum atomic E-state index is 0.109. The summed E-state index contributed by atoms with van der Waals surface area (Å²) in [5.74, 6) is 0. The molecule has 0 saturated carbocycles. The van der Waals surface area contributed by atoms with Gasteiger partial charge in [0.2, 0.25) is 0 Å². The molecule has 0 aliphatic carbocycles. The van der Waals surface area contributed by atoms with Gasteiger partial charge in [-0.25, -0.2) is 0 Å². The van der Waals surface area contributed by atoms with E-state index in [0.717, 1.165) is 19.4 Å². The fraction of sp³-hybridized carbons (Fsp3) is 1.00. The van der Waals surface area contributed by atoms with Crippen molar-refractivity contribution in [1.82, 2.24) is 0 Å². The Balaban J connectivity index is 3.33. The van der Waals surface area contributed by atoms with Crippen LogP contribution in [0.3, 0.4) is 0 Å². The number of hydrogen-bond donors (Lipinski definition) is 2. The molecule has 9 heavy (non-hydrogen) atoms. The van der Waals surface area contributed by atoms with Gasteiger partial charge < -0.3 is 10.8 Å². The number of quaternary nitrogens is 1. The van der Waals surface area contributed by atoms with Crippen LogP contribution < -0.4 is 5.73 Å². The van der Waals surface area contributed by atoms with E-state index in [2.05, 4.69) is 19.6 Å². The van der Waals surface area contributed by atoms with Gasteiger partial charge in [0.05, 0.1) is 6.54 Å². The highest BCUT2D eigenvalue weighted by Gasteiger charge is 2.14. The molecule has 0 fully saturated rings. The van der Waals surface area contributed by atoms with Crippen molar-refractivity contribution in [3.05, 3.63) is 0 Å². The van der Waals surface area contributed by atoms with E-state index in [0.29, 0.717) is 0 Å². The van der Waals surface area contributed by atoms with E-state index < -0.39 is 0 Å². The number of aliphatic hydroxyl groups is 1. The lowest BCUT2D eigenvalue weighted by Crippen LogP contribution is -2.50. The summed E-state index contributed by atoms with van der Waals surface area (Å²) < 4.78 is 0. The summed E-state index contributed by atoms with van der Waals surface area (Å²) >= 11 is 0. The summed E-state index contributed by atoms with van der Waals surface area (Å²) in [5, 5.41) is 8.80. The molecular weight excluding hydrogens is 114 g/mol. The molecule has 0 bridgehead atoms. The van der Waals surface area contributed by atoms with Gasteiger partial charge in [0.15, 0.2) is 0 Å². The number of rotatable bonds is 4. The van der Waals surface area contributed by atoms with Crippen LogP contribution in [-0.2, 0) is 0 Å². The van der Waals surface area contributed by atoms with Crippen LogP contribution in [-0.4, -0.2) is 18.3 Å². The first-order chi connectivity index (χ1) is 4.12. The lowest BCUT2D eigenvalue weighted by Gasteiger charge is -2.19. The molecule has 0 aromatic heterocycles. The zero-order valence-electron chi connectivity index (χ0n) is 6.48. The SMILES string of the molecule is CC(C)(CO)CCC[NH3+]. The van der Waals surface area contributed by atoms with Crippen molar-refractivity contribution in [3.63, 3.8) is 0 Å². The molecule has 0 aromatic rings. The molecule has 56 valence electrons. The van der Waals surface area contributed by atoms with Crippen molar-refractivity contribution in [3.8, 4) is 0 Å². The van der Waals surface area contributed by atoms with Gasteiger partial charge in [-0.2, -0.15) is 0 Å². The number of hydrogen-bond acceptors (Lipinski definition) is 1. The van der Waals surface area contributed by atoms with Crippen molar-refractivity contribution in [1.29, 1.82) is 0 Å². The van der Waals surface area contributed by atoms with Gasteiger partial charge in [-0.3, -0.25) is 0 Å². The first kappa shape index (κ1) is 8.92. The molecule has 2 heteroatoms. The molecule has 0 aliphatic heterocycles. The Morgan fingerprint density at radius 2 is 2.00 bits per heavy atom. The average molecular weight is 132 g/mol. The van der Waals surface area contributed by atoms with Crippen LogP contribution in [0.15, 0.2) is 0 Å². The summed E-state index contributed by atoms with van der Waals surface area (Å²) in [6.07, 6.45) is 2.19. The van der Waals surface area contributed by atoms with Gasteiger partial charge in [0, 0.05) is 6.61 Å². The Bertz CT molecular complexity index is 71.3. The van der Waals surface area contributed by atoms with Crippen LogP contribution in [0, 0.1) is 5.41 Å². The Morgan fingerprint density at radius 1 is 1.44 bits per heavy atom. The average Bonchev–Trinajstić information content (AvgIpc) is 1.84. The Morgan fingerprint density at radius 3 is 2.33 bits per heavy atom. The predicted octanol–water partition coefficient (Wildman–Crippen LogP) is 0.0270. The fourth-order valence-electron chi connectivity index (χ4n) is 0.683. The van der Waals surface area contributed by atoms with Crippen molar-refractivity contribution in [2.75, 3.05) is 13.2 Å². The molecule has 0 spiro atoms. The highest BCUT2D eigenvalue weighted by Crippen LogP contribution is 2.19. The van der Waals surface area contributed by atoms with E-state index in [1.165, 1.54) is 0 Å². The fourth-order valence-corrected chi connectivity index (χ4v) is 0.683. The monoisotopic (exact) mass is 132 g/mol. The minimum Gasteiger partial charge on any atom is -0.396 e. The summed E-state index contributed by atoms with van der Waals surface area (Å²) in [7, 11) is 0. The van der Waals surface area contributed by atoms with Crippen molar-refractivity contribution in [2.24, 2.45) is 5.41 Å². The maximum absolute atomic E-state index is 8.80. The molecule has 0 heterocycles. The van der Waals surface area contributed by atoms with E-state index in [-0.39, 0.29) is 12.0 Å². The molecule has 0 aliphatic rings. The second kappa shape index (κ2) is 3.85.